The van der Waals surface area contributed by atoms with Crippen LogP contribution in [0.15, 0.2) is 46.9 Å². The number of fused-ring (bicyclic) bond motifs is 1. The molecule has 1 heterocycles. The predicted molar refractivity (Wildman–Crippen MR) is 80.0 cm³/mol. The maximum Gasteiger partial charge on any atom is 0.0494 e. The highest BCUT2D eigenvalue weighted by atomic mass is 79.9. The molecule has 0 N–H and O–H groups in total. The molecule has 2 aromatic rings. The fraction of sp³-hybridized carbons (Fsp3) is 0.200. The molecule has 0 amide bonds. The Labute approximate surface area is 121 Å². The van der Waals surface area contributed by atoms with Gasteiger partial charge in [-0.25, -0.2) is 0 Å². The summed E-state index contributed by atoms with van der Waals surface area (Å²) in [6.07, 6.45) is 0. The molecule has 1 aliphatic heterocycles. The summed E-state index contributed by atoms with van der Waals surface area (Å²) in [4.78, 5) is 2.38. The van der Waals surface area contributed by atoms with Crippen LogP contribution >= 0.6 is 27.5 Å². The van der Waals surface area contributed by atoms with Gasteiger partial charge in [-0.1, -0.05) is 40.2 Å². The molecular weight excluding hydrogens is 310 g/mol. The van der Waals surface area contributed by atoms with Gasteiger partial charge in [-0.05, 0) is 34.9 Å². The third-order valence-corrected chi connectivity index (χ3v) is 4.15. The van der Waals surface area contributed by atoms with E-state index in [9.17, 15) is 0 Å². The molecule has 3 rings (SSSR count). The first-order valence-electron chi connectivity index (χ1n) is 5.94. The number of hydrogen-bond acceptors (Lipinski definition) is 1. The van der Waals surface area contributed by atoms with Crippen LogP contribution in [0.2, 0.25) is 0 Å². The molecule has 1 aliphatic rings. The first-order valence-corrected chi connectivity index (χ1v) is 7.27. The van der Waals surface area contributed by atoms with Gasteiger partial charge in [-0.15, -0.1) is 11.6 Å². The van der Waals surface area contributed by atoms with Crippen molar-refractivity contribution in [2.24, 2.45) is 0 Å². The molecule has 92 valence electrons. The van der Waals surface area contributed by atoms with E-state index in [-0.39, 0.29) is 0 Å². The highest BCUT2D eigenvalue weighted by molar-refractivity contribution is 9.10. The Kier molecular flexibility index (Phi) is 3.31. The molecule has 0 atom stereocenters. The maximum absolute atomic E-state index is 6.05. The number of halogens is 2. The van der Waals surface area contributed by atoms with E-state index in [4.69, 9.17) is 11.6 Å². The van der Waals surface area contributed by atoms with E-state index in [1.54, 1.807) is 0 Å². The number of alkyl halides is 1. The zero-order valence-corrected chi connectivity index (χ0v) is 12.2. The molecule has 0 aliphatic carbocycles. The van der Waals surface area contributed by atoms with Crippen LogP contribution in [0.3, 0.4) is 0 Å². The van der Waals surface area contributed by atoms with Gasteiger partial charge < -0.3 is 4.90 Å². The van der Waals surface area contributed by atoms with Crippen LogP contribution in [0, 0.1) is 0 Å². The van der Waals surface area contributed by atoms with Crippen molar-refractivity contribution in [1.29, 1.82) is 0 Å². The van der Waals surface area contributed by atoms with E-state index in [1.165, 1.54) is 22.4 Å². The molecule has 0 unspecified atom stereocenters. The number of rotatable bonds is 2. The fourth-order valence-corrected chi connectivity index (χ4v) is 3.10. The van der Waals surface area contributed by atoms with Gasteiger partial charge in [-0.2, -0.15) is 0 Å². The van der Waals surface area contributed by atoms with Gasteiger partial charge in [0.25, 0.3) is 0 Å². The average molecular weight is 323 g/mol. The first kappa shape index (κ1) is 12.1. The van der Waals surface area contributed by atoms with Crippen molar-refractivity contribution in [1.82, 2.24) is 0 Å². The van der Waals surface area contributed by atoms with Gasteiger partial charge in [0.1, 0.15) is 0 Å². The van der Waals surface area contributed by atoms with E-state index < -0.39 is 0 Å². The molecule has 18 heavy (non-hydrogen) atoms. The topological polar surface area (TPSA) is 3.24 Å². The molecule has 3 heteroatoms. The summed E-state index contributed by atoms with van der Waals surface area (Å²) in [5, 5.41) is 0. The Balaban J connectivity index is 1.95. The fourth-order valence-electron chi connectivity index (χ4n) is 2.47. The van der Waals surface area contributed by atoms with Crippen LogP contribution in [0.5, 0.6) is 0 Å². The molecule has 0 saturated heterocycles. The third-order valence-electron chi connectivity index (χ3n) is 3.37. The number of hydrogen-bond donors (Lipinski definition) is 0. The minimum atomic E-state index is 0.543. The number of benzene rings is 2. The minimum absolute atomic E-state index is 0.543. The molecule has 0 aromatic heterocycles. The summed E-state index contributed by atoms with van der Waals surface area (Å²) in [6, 6.07) is 14.9. The van der Waals surface area contributed by atoms with E-state index in [1.807, 2.05) is 0 Å². The quantitative estimate of drug-likeness (QED) is 0.724. The van der Waals surface area contributed by atoms with E-state index in [0.29, 0.717) is 5.88 Å². The van der Waals surface area contributed by atoms with Crippen molar-refractivity contribution >= 4 is 33.2 Å². The Hall–Kier alpha value is -0.990. The second-order valence-electron chi connectivity index (χ2n) is 4.53. The van der Waals surface area contributed by atoms with Crippen LogP contribution < -0.4 is 4.90 Å². The number of nitrogens with zero attached hydrogens (tertiary/aromatic N) is 1. The van der Waals surface area contributed by atoms with Gasteiger partial charge >= 0.3 is 0 Å². The molecule has 0 saturated carbocycles. The highest BCUT2D eigenvalue weighted by Crippen LogP contribution is 2.32. The monoisotopic (exact) mass is 321 g/mol. The zero-order valence-electron chi connectivity index (χ0n) is 9.87. The van der Waals surface area contributed by atoms with Crippen LogP contribution in [-0.4, -0.2) is 0 Å². The minimum Gasteiger partial charge on any atom is -0.363 e. The predicted octanol–water partition coefficient (Wildman–Crippen LogP) is 4.71. The largest absolute Gasteiger partial charge is 0.363 e. The summed E-state index contributed by atoms with van der Waals surface area (Å²) in [6.45, 7) is 1.95. The van der Waals surface area contributed by atoms with Gasteiger partial charge in [0, 0.05) is 29.1 Å². The Morgan fingerprint density at radius 3 is 2.33 bits per heavy atom. The molecule has 0 bridgehead atoms. The van der Waals surface area contributed by atoms with E-state index >= 15 is 0 Å². The third kappa shape index (κ3) is 2.15. The average Bonchev–Trinajstić information content (AvgIpc) is 2.82. The molecule has 0 spiro atoms. The lowest BCUT2D eigenvalue weighted by molar-refractivity contribution is 0.873. The molecule has 0 radical (unpaired) electrons. The van der Waals surface area contributed by atoms with Crippen molar-refractivity contribution in [3.63, 3.8) is 0 Å². The second-order valence-corrected chi connectivity index (χ2v) is 5.71. The maximum atomic E-state index is 6.05. The molecule has 0 fully saturated rings. The molecular formula is C15H13BrClN. The summed E-state index contributed by atoms with van der Waals surface area (Å²) >= 11 is 9.54. The van der Waals surface area contributed by atoms with Crippen LogP contribution in [-0.2, 0) is 19.0 Å². The first-order chi connectivity index (χ1) is 8.78. The summed E-state index contributed by atoms with van der Waals surface area (Å²) in [7, 11) is 0. The van der Waals surface area contributed by atoms with Gasteiger partial charge in [0.15, 0.2) is 0 Å². The summed E-state index contributed by atoms with van der Waals surface area (Å²) in [5.41, 5.74) is 5.25. The summed E-state index contributed by atoms with van der Waals surface area (Å²) < 4.78 is 1.08. The van der Waals surface area contributed by atoms with Crippen molar-refractivity contribution in [3.8, 4) is 0 Å². The smallest absolute Gasteiger partial charge is 0.0494 e. The molecule has 2 aromatic carbocycles. The lowest BCUT2D eigenvalue weighted by atomic mass is 10.1. The van der Waals surface area contributed by atoms with Gasteiger partial charge in [-0.3, -0.25) is 0 Å². The van der Waals surface area contributed by atoms with Crippen molar-refractivity contribution in [3.05, 3.63) is 63.6 Å². The van der Waals surface area contributed by atoms with Crippen LogP contribution in [0.25, 0.3) is 0 Å². The highest BCUT2D eigenvalue weighted by Gasteiger charge is 2.20. The van der Waals surface area contributed by atoms with Crippen molar-refractivity contribution in [2.45, 2.75) is 19.0 Å². The van der Waals surface area contributed by atoms with Gasteiger partial charge in [0.05, 0.1) is 0 Å². The Morgan fingerprint density at radius 1 is 1.06 bits per heavy atom. The SMILES string of the molecule is ClCc1cc(Br)ccc1N1Cc2ccccc2C1. The van der Waals surface area contributed by atoms with Gasteiger partial charge in [0.2, 0.25) is 0 Å². The lowest BCUT2D eigenvalue weighted by Crippen LogP contribution is -2.16. The lowest BCUT2D eigenvalue weighted by Gasteiger charge is -2.21. The zero-order chi connectivity index (χ0) is 12.5. The standard InChI is InChI=1S/C15H13BrClN/c16-14-5-6-15(13(7-14)8-17)18-9-11-3-1-2-4-12(11)10-18/h1-7H,8-10H2. The second kappa shape index (κ2) is 4.94. The van der Waals surface area contributed by atoms with Crippen LogP contribution in [0.4, 0.5) is 5.69 Å². The Morgan fingerprint density at radius 2 is 1.72 bits per heavy atom. The molecule has 1 nitrogen and oxygen atoms in total. The number of anilines is 1. The van der Waals surface area contributed by atoms with E-state index in [0.717, 1.165) is 17.6 Å². The van der Waals surface area contributed by atoms with Crippen molar-refractivity contribution < 1.29 is 0 Å². The Bertz CT molecular complexity index is 557. The van der Waals surface area contributed by atoms with Crippen molar-refractivity contribution in [2.75, 3.05) is 4.90 Å². The normalized spacial score (nSPS) is 13.8. The van der Waals surface area contributed by atoms with E-state index in [2.05, 4.69) is 63.3 Å². The summed E-state index contributed by atoms with van der Waals surface area (Å²) in [5.74, 6) is 0.543. The van der Waals surface area contributed by atoms with Crippen LogP contribution in [0.1, 0.15) is 16.7 Å².